The van der Waals surface area contributed by atoms with Gasteiger partial charge in [0.15, 0.2) is 0 Å². The third kappa shape index (κ3) is 2.67. The first-order chi connectivity index (χ1) is 8.15. The van der Waals surface area contributed by atoms with Gasteiger partial charge in [0.1, 0.15) is 0 Å². The normalized spacial score (nSPS) is 18.0. The Morgan fingerprint density at radius 2 is 2.12 bits per heavy atom. The Balaban J connectivity index is 2.11. The molecule has 92 valence electrons. The molecule has 0 spiro atoms. The lowest BCUT2D eigenvalue weighted by atomic mass is 9.97. The van der Waals surface area contributed by atoms with Crippen LogP contribution in [0.25, 0.3) is 0 Å². The molecule has 0 saturated heterocycles. The van der Waals surface area contributed by atoms with Crippen molar-refractivity contribution in [3.05, 3.63) is 35.4 Å². The van der Waals surface area contributed by atoms with E-state index in [9.17, 15) is 4.79 Å². The number of hydrogen-bond acceptors (Lipinski definition) is 2. The average Bonchev–Trinajstić information content (AvgIpc) is 2.78. The van der Waals surface area contributed by atoms with Crippen LogP contribution in [0.5, 0.6) is 0 Å². The maximum absolute atomic E-state index is 12.2. The molecule has 1 aromatic rings. The predicted octanol–water partition coefficient (Wildman–Crippen LogP) is 2.00. The van der Waals surface area contributed by atoms with Crippen LogP contribution < -0.4 is 11.1 Å². The zero-order valence-electron chi connectivity index (χ0n) is 10.3. The van der Waals surface area contributed by atoms with Crippen molar-refractivity contribution in [1.82, 2.24) is 5.32 Å². The minimum atomic E-state index is -0.166. The van der Waals surface area contributed by atoms with Crippen molar-refractivity contribution in [2.75, 3.05) is 6.54 Å². The molecule has 2 rings (SSSR count). The molecule has 1 aliphatic rings. The first kappa shape index (κ1) is 12.1. The number of amides is 1. The van der Waals surface area contributed by atoms with Crippen LogP contribution in [0.4, 0.5) is 0 Å². The molecule has 1 aromatic carbocycles. The van der Waals surface area contributed by atoms with E-state index in [-0.39, 0.29) is 11.4 Å². The Morgan fingerprint density at radius 1 is 1.41 bits per heavy atom. The monoisotopic (exact) mass is 232 g/mol. The summed E-state index contributed by atoms with van der Waals surface area (Å²) in [4.78, 5) is 12.2. The Hall–Kier alpha value is -1.35. The Labute approximate surface area is 102 Å². The van der Waals surface area contributed by atoms with E-state index in [1.165, 1.54) is 0 Å². The van der Waals surface area contributed by atoms with Crippen LogP contribution in [-0.2, 0) is 0 Å². The molecule has 3 nitrogen and oxygen atoms in total. The smallest absolute Gasteiger partial charge is 0.251 e. The third-order valence-electron chi connectivity index (χ3n) is 3.61. The van der Waals surface area contributed by atoms with Crippen LogP contribution in [0.3, 0.4) is 0 Å². The number of benzene rings is 1. The van der Waals surface area contributed by atoms with E-state index >= 15 is 0 Å². The Bertz CT molecular complexity index is 408. The standard InChI is InChI=1S/C14H20N2O/c1-11-5-4-6-12(9-11)13(17)16-14(10-15)7-2-3-8-14/h4-6,9H,2-3,7-8,10,15H2,1H3,(H,16,17). The van der Waals surface area contributed by atoms with Crippen molar-refractivity contribution >= 4 is 5.91 Å². The quantitative estimate of drug-likeness (QED) is 0.837. The highest BCUT2D eigenvalue weighted by Crippen LogP contribution is 2.28. The molecular formula is C14H20N2O. The summed E-state index contributed by atoms with van der Waals surface area (Å²) in [6.45, 7) is 2.52. The molecule has 0 aromatic heterocycles. The summed E-state index contributed by atoms with van der Waals surface area (Å²) in [7, 11) is 0. The van der Waals surface area contributed by atoms with Crippen LogP contribution >= 0.6 is 0 Å². The Kier molecular flexibility index (Phi) is 3.48. The van der Waals surface area contributed by atoms with Gasteiger partial charge in [-0.15, -0.1) is 0 Å². The fourth-order valence-corrected chi connectivity index (χ4v) is 2.53. The maximum Gasteiger partial charge on any atom is 0.251 e. The van der Waals surface area contributed by atoms with E-state index < -0.39 is 0 Å². The second-order valence-corrected chi connectivity index (χ2v) is 5.02. The van der Waals surface area contributed by atoms with E-state index in [1.54, 1.807) is 0 Å². The zero-order chi connectivity index (χ0) is 12.3. The number of aryl methyl sites for hydroxylation is 1. The van der Waals surface area contributed by atoms with Gasteiger partial charge in [0.25, 0.3) is 5.91 Å². The summed E-state index contributed by atoms with van der Waals surface area (Å²) in [5.74, 6) is 0.000972. The van der Waals surface area contributed by atoms with Gasteiger partial charge in [0.05, 0.1) is 5.54 Å². The van der Waals surface area contributed by atoms with E-state index in [0.29, 0.717) is 6.54 Å². The number of nitrogens with one attached hydrogen (secondary N) is 1. The van der Waals surface area contributed by atoms with Gasteiger partial charge in [0.2, 0.25) is 0 Å². The zero-order valence-corrected chi connectivity index (χ0v) is 10.3. The van der Waals surface area contributed by atoms with Crippen molar-refractivity contribution in [1.29, 1.82) is 0 Å². The van der Waals surface area contributed by atoms with E-state index in [1.807, 2.05) is 31.2 Å². The van der Waals surface area contributed by atoms with Crippen LogP contribution in [0.2, 0.25) is 0 Å². The highest BCUT2D eigenvalue weighted by molar-refractivity contribution is 5.94. The van der Waals surface area contributed by atoms with Crippen molar-refractivity contribution in [3.63, 3.8) is 0 Å². The number of carbonyl (C=O) groups excluding carboxylic acids is 1. The van der Waals surface area contributed by atoms with Crippen molar-refractivity contribution in [2.45, 2.75) is 38.1 Å². The molecule has 0 radical (unpaired) electrons. The van der Waals surface area contributed by atoms with Crippen LogP contribution in [0.1, 0.15) is 41.6 Å². The molecular weight excluding hydrogens is 212 g/mol. The van der Waals surface area contributed by atoms with E-state index in [2.05, 4.69) is 5.32 Å². The van der Waals surface area contributed by atoms with Gasteiger partial charge in [-0.05, 0) is 31.9 Å². The van der Waals surface area contributed by atoms with Crippen molar-refractivity contribution in [2.24, 2.45) is 5.73 Å². The fraction of sp³-hybridized carbons (Fsp3) is 0.500. The van der Waals surface area contributed by atoms with Crippen molar-refractivity contribution < 1.29 is 4.79 Å². The molecule has 1 aliphatic carbocycles. The molecule has 1 saturated carbocycles. The van der Waals surface area contributed by atoms with Crippen LogP contribution in [-0.4, -0.2) is 18.0 Å². The fourth-order valence-electron chi connectivity index (χ4n) is 2.53. The summed E-state index contributed by atoms with van der Waals surface area (Å²) in [5.41, 5.74) is 7.47. The molecule has 0 bridgehead atoms. The molecule has 0 unspecified atom stereocenters. The second kappa shape index (κ2) is 4.88. The lowest BCUT2D eigenvalue weighted by Crippen LogP contribution is -2.51. The highest BCUT2D eigenvalue weighted by Gasteiger charge is 2.33. The molecule has 3 N–H and O–H groups in total. The van der Waals surface area contributed by atoms with Gasteiger partial charge in [-0.3, -0.25) is 4.79 Å². The summed E-state index contributed by atoms with van der Waals surface area (Å²) in [5, 5.41) is 3.12. The molecule has 0 aliphatic heterocycles. The number of carbonyl (C=O) groups is 1. The van der Waals surface area contributed by atoms with Crippen LogP contribution in [0, 0.1) is 6.92 Å². The molecule has 0 atom stereocenters. The lowest BCUT2D eigenvalue weighted by molar-refractivity contribution is 0.0903. The predicted molar refractivity (Wildman–Crippen MR) is 68.9 cm³/mol. The minimum absolute atomic E-state index is 0.000972. The molecule has 0 heterocycles. The van der Waals surface area contributed by atoms with Gasteiger partial charge >= 0.3 is 0 Å². The highest BCUT2D eigenvalue weighted by atomic mass is 16.1. The molecule has 17 heavy (non-hydrogen) atoms. The average molecular weight is 232 g/mol. The van der Waals surface area contributed by atoms with Gasteiger partial charge in [-0.1, -0.05) is 30.5 Å². The third-order valence-corrected chi connectivity index (χ3v) is 3.61. The minimum Gasteiger partial charge on any atom is -0.345 e. The SMILES string of the molecule is Cc1cccc(C(=O)NC2(CN)CCCC2)c1. The summed E-state index contributed by atoms with van der Waals surface area (Å²) in [6, 6.07) is 7.66. The number of rotatable bonds is 3. The lowest BCUT2D eigenvalue weighted by Gasteiger charge is -2.28. The topological polar surface area (TPSA) is 55.1 Å². The van der Waals surface area contributed by atoms with Gasteiger partial charge in [-0.25, -0.2) is 0 Å². The van der Waals surface area contributed by atoms with E-state index in [4.69, 9.17) is 5.73 Å². The maximum atomic E-state index is 12.2. The molecule has 1 fully saturated rings. The summed E-state index contributed by atoms with van der Waals surface area (Å²) in [6.07, 6.45) is 4.32. The first-order valence-corrected chi connectivity index (χ1v) is 6.24. The second-order valence-electron chi connectivity index (χ2n) is 5.02. The van der Waals surface area contributed by atoms with E-state index in [0.717, 1.165) is 36.8 Å². The first-order valence-electron chi connectivity index (χ1n) is 6.24. The molecule has 3 heteroatoms. The molecule has 1 amide bonds. The van der Waals surface area contributed by atoms with Gasteiger partial charge < -0.3 is 11.1 Å². The van der Waals surface area contributed by atoms with Gasteiger partial charge in [0, 0.05) is 12.1 Å². The number of hydrogen-bond donors (Lipinski definition) is 2. The van der Waals surface area contributed by atoms with Crippen molar-refractivity contribution in [3.8, 4) is 0 Å². The van der Waals surface area contributed by atoms with Crippen LogP contribution in [0.15, 0.2) is 24.3 Å². The number of nitrogens with two attached hydrogens (primary N) is 1. The Morgan fingerprint density at radius 3 is 2.71 bits per heavy atom. The largest absolute Gasteiger partial charge is 0.345 e. The summed E-state index contributed by atoms with van der Waals surface area (Å²) >= 11 is 0. The van der Waals surface area contributed by atoms with Gasteiger partial charge in [-0.2, -0.15) is 0 Å². The summed E-state index contributed by atoms with van der Waals surface area (Å²) < 4.78 is 0.